The maximum atomic E-state index is 12.1. The van der Waals surface area contributed by atoms with E-state index in [2.05, 4.69) is 15.6 Å². The summed E-state index contributed by atoms with van der Waals surface area (Å²) in [6.07, 6.45) is 0. The molecular weight excluding hydrogens is 330 g/mol. The van der Waals surface area contributed by atoms with Crippen LogP contribution in [0.5, 0.6) is 0 Å². The van der Waals surface area contributed by atoms with Crippen LogP contribution in [-0.4, -0.2) is 33.8 Å². The number of benzene rings is 1. The lowest BCUT2D eigenvalue weighted by molar-refractivity contribution is 0.648. The molecule has 0 spiro atoms. The van der Waals surface area contributed by atoms with Crippen LogP contribution in [0.15, 0.2) is 29.3 Å². The van der Waals surface area contributed by atoms with Gasteiger partial charge in [0, 0.05) is 32.9 Å². The normalized spacial score (nSPS) is 15.1. The SMILES string of the molecule is CCNC(=NCCS(=O)C(C)(C)C)NC(C)c1ccccc1Cl. The van der Waals surface area contributed by atoms with E-state index in [1.54, 1.807) is 0 Å². The number of aliphatic imine (C=N–C) groups is 1. The number of hydrogen-bond donors (Lipinski definition) is 2. The Morgan fingerprint density at radius 2 is 2.00 bits per heavy atom. The minimum atomic E-state index is -0.894. The summed E-state index contributed by atoms with van der Waals surface area (Å²) in [4.78, 5) is 4.52. The van der Waals surface area contributed by atoms with E-state index in [9.17, 15) is 4.21 Å². The highest BCUT2D eigenvalue weighted by molar-refractivity contribution is 7.86. The topological polar surface area (TPSA) is 53.5 Å². The zero-order chi connectivity index (χ0) is 17.5. The molecule has 0 fully saturated rings. The fourth-order valence-electron chi connectivity index (χ4n) is 1.98. The monoisotopic (exact) mass is 357 g/mol. The molecule has 130 valence electrons. The molecule has 2 N–H and O–H groups in total. The van der Waals surface area contributed by atoms with Crippen molar-refractivity contribution in [3.8, 4) is 0 Å². The van der Waals surface area contributed by atoms with Gasteiger partial charge in [0.05, 0.1) is 12.6 Å². The molecule has 0 aliphatic carbocycles. The number of guanidine groups is 1. The first-order valence-corrected chi connectivity index (χ1v) is 9.63. The predicted molar refractivity (Wildman–Crippen MR) is 102 cm³/mol. The average Bonchev–Trinajstić information content (AvgIpc) is 2.46. The summed E-state index contributed by atoms with van der Waals surface area (Å²) in [6, 6.07) is 7.80. The molecule has 1 aromatic rings. The molecular formula is C17H28ClN3OS. The van der Waals surface area contributed by atoms with Crippen LogP contribution in [0.1, 0.15) is 46.2 Å². The van der Waals surface area contributed by atoms with Crippen LogP contribution in [0, 0.1) is 0 Å². The predicted octanol–water partition coefficient (Wildman–Crippen LogP) is 3.50. The number of halogens is 1. The lowest BCUT2D eigenvalue weighted by atomic mass is 10.1. The van der Waals surface area contributed by atoms with E-state index < -0.39 is 10.8 Å². The highest BCUT2D eigenvalue weighted by atomic mass is 35.5. The van der Waals surface area contributed by atoms with E-state index in [0.717, 1.165) is 17.1 Å². The summed E-state index contributed by atoms with van der Waals surface area (Å²) in [5.41, 5.74) is 1.03. The van der Waals surface area contributed by atoms with Gasteiger partial charge in [0.2, 0.25) is 0 Å². The zero-order valence-electron chi connectivity index (χ0n) is 14.6. The molecule has 0 amide bonds. The van der Waals surface area contributed by atoms with Crippen molar-refractivity contribution >= 4 is 28.4 Å². The second-order valence-electron chi connectivity index (χ2n) is 6.31. The van der Waals surface area contributed by atoms with E-state index >= 15 is 0 Å². The van der Waals surface area contributed by atoms with Crippen LogP contribution in [0.2, 0.25) is 5.02 Å². The molecule has 0 radical (unpaired) electrons. The third kappa shape index (κ3) is 6.92. The van der Waals surface area contributed by atoms with Crippen molar-refractivity contribution in [2.45, 2.75) is 45.4 Å². The van der Waals surface area contributed by atoms with Crippen LogP contribution in [0.25, 0.3) is 0 Å². The third-order valence-electron chi connectivity index (χ3n) is 3.30. The molecule has 0 aromatic heterocycles. The van der Waals surface area contributed by atoms with Crippen LogP contribution in [0.3, 0.4) is 0 Å². The highest BCUT2D eigenvalue weighted by Gasteiger charge is 2.18. The summed E-state index contributed by atoms with van der Waals surface area (Å²) >= 11 is 6.24. The van der Waals surface area contributed by atoms with E-state index in [0.29, 0.717) is 18.3 Å². The van der Waals surface area contributed by atoms with Gasteiger partial charge < -0.3 is 10.6 Å². The second kappa shape index (κ2) is 9.28. The summed E-state index contributed by atoms with van der Waals surface area (Å²) in [6.45, 7) is 11.3. The summed E-state index contributed by atoms with van der Waals surface area (Å²) in [7, 11) is -0.894. The van der Waals surface area contributed by atoms with Crippen molar-refractivity contribution in [2.24, 2.45) is 4.99 Å². The van der Waals surface area contributed by atoms with E-state index in [1.165, 1.54) is 0 Å². The van der Waals surface area contributed by atoms with Crippen molar-refractivity contribution in [2.75, 3.05) is 18.8 Å². The maximum Gasteiger partial charge on any atom is 0.191 e. The number of nitrogens with one attached hydrogen (secondary N) is 2. The number of rotatable bonds is 6. The minimum absolute atomic E-state index is 0.0367. The molecule has 2 atom stereocenters. The van der Waals surface area contributed by atoms with Gasteiger partial charge in [-0.05, 0) is 46.2 Å². The third-order valence-corrected chi connectivity index (χ3v) is 5.56. The lowest BCUT2D eigenvalue weighted by Gasteiger charge is -2.20. The van der Waals surface area contributed by atoms with Crippen molar-refractivity contribution in [3.05, 3.63) is 34.9 Å². The largest absolute Gasteiger partial charge is 0.357 e. The first-order valence-electron chi connectivity index (χ1n) is 7.93. The molecule has 1 aromatic carbocycles. The van der Waals surface area contributed by atoms with Gasteiger partial charge in [-0.25, -0.2) is 0 Å². The lowest BCUT2D eigenvalue weighted by Crippen LogP contribution is -2.39. The van der Waals surface area contributed by atoms with Crippen molar-refractivity contribution in [3.63, 3.8) is 0 Å². The summed E-state index contributed by atoms with van der Waals surface area (Å²) < 4.78 is 11.9. The molecule has 0 aliphatic rings. The zero-order valence-corrected chi connectivity index (χ0v) is 16.2. The Hall–Kier alpha value is -1.07. The molecule has 0 saturated carbocycles. The van der Waals surface area contributed by atoms with Gasteiger partial charge in [0.25, 0.3) is 0 Å². The van der Waals surface area contributed by atoms with Crippen molar-refractivity contribution in [1.82, 2.24) is 10.6 Å². The average molecular weight is 358 g/mol. The first kappa shape index (κ1) is 20.0. The smallest absolute Gasteiger partial charge is 0.191 e. The van der Waals surface area contributed by atoms with Crippen molar-refractivity contribution < 1.29 is 4.21 Å². The van der Waals surface area contributed by atoms with Gasteiger partial charge in [0.1, 0.15) is 0 Å². The molecule has 2 unspecified atom stereocenters. The Kier molecular flexibility index (Phi) is 8.06. The summed E-state index contributed by atoms with van der Waals surface area (Å²) in [5, 5.41) is 7.29. The van der Waals surface area contributed by atoms with Crippen LogP contribution in [0.4, 0.5) is 0 Å². The van der Waals surface area contributed by atoms with Gasteiger partial charge in [0.15, 0.2) is 5.96 Å². The number of nitrogens with zero attached hydrogens (tertiary/aromatic N) is 1. The minimum Gasteiger partial charge on any atom is -0.357 e. The fraction of sp³-hybridized carbons (Fsp3) is 0.588. The van der Waals surface area contributed by atoms with E-state index in [-0.39, 0.29) is 10.8 Å². The van der Waals surface area contributed by atoms with Gasteiger partial charge in [-0.1, -0.05) is 29.8 Å². The molecule has 4 nitrogen and oxygen atoms in total. The highest BCUT2D eigenvalue weighted by Crippen LogP contribution is 2.21. The van der Waals surface area contributed by atoms with Crippen molar-refractivity contribution in [1.29, 1.82) is 0 Å². The van der Waals surface area contributed by atoms with Gasteiger partial charge in [-0.15, -0.1) is 0 Å². The van der Waals surface area contributed by atoms with Gasteiger partial charge in [-0.2, -0.15) is 0 Å². The Morgan fingerprint density at radius 1 is 1.35 bits per heavy atom. The Morgan fingerprint density at radius 3 is 2.57 bits per heavy atom. The van der Waals surface area contributed by atoms with Crippen LogP contribution < -0.4 is 10.6 Å². The molecule has 23 heavy (non-hydrogen) atoms. The Labute approximate surface area is 147 Å². The Bertz CT molecular complexity index is 555. The van der Waals surface area contributed by atoms with Gasteiger partial charge >= 0.3 is 0 Å². The molecule has 0 aliphatic heterocycles. The standard InChI is InChI=1S/C17H28ClN3OS/c1-6-19-16(20-11-12-23(22)17(3,4)5)21-13(2)14-9-7-8-10-15(14)18/h7-10,13H,6,11-12H2,1-5H3,(H2,19,20,21). The molecule has 1 rings (SSSR count). The molecule has 0 heterocycles. The van der Waals surface area contributed by atoms with E-state index in [4.69, 9.17) is 11.6 Å². The maximum absolute atomic E-state index is 12.1. The molecule has 6 heteroatoms. The molecule has 0 bridgehead atoms. The van der Waals surface area contributed by atoms with Crippen LogP contribution in [-0.2, 0) is 10.8 Å². The van der Waals surface area contributed by atoms with Gasteiger partial charge in [-0.3, -0.25) is 9.20 Å². The van der Waals surface area contributed by atoms with Crippen LogP contribution >= 0.6 is 11.6 Å². The number of hydrogen-bond acceptors (Lipinski definition) is 2. The molecule has 0 saturated heterocycles. The first-order chi connectivity index (χ1) is 10.8. The Balaban J connectivity index is 2.69. The van der Waals surface area contributed by atoms with E-state index in [1.807, 2.05) is 58.9 Å². The summed E-state index contributed by atoms with van der Waals surface area (Å²) in [5.74, 6) is 1.27. The quantitative estimate of drug-likeness (QED) is 0.605. The second-order valence-corrected chi connectivity index (χ2v) is 9.04. The fourth-order valence-corrected chi connectivity index (χ4v) is 3.14.